The molecule has 0 aromatic heterocycles. The van der Waals surface area contributed by atoms with Gasteiger partial charge in [-0.25, -0.2) is 0 Å². The van der Waals surface area contributed by atoms with Crippen molar-refractivity contribution in [3.8, 4) is 0 Å². The Hall–Kier alpha value is -0.820. The standard InChI is InChI=1S/C22H36O/c1-7-11-22(16-23,12-8-2)17-9-10-18-19(15-17)21(5,6)14-13-20(18,3)4/h9-10,15,23H,7-8,11-14,16H2,1-6H3. The Labute approximate surface area is 143 Å². The average Bonchev–Trinajstić information content (AvgIpc) is 2.51. The number of aliphatic hydroxyl groups excluding tert-OH is 1. The second-order valence-corrected chi connectivity index (χ2v) is 8.97. The van der Waals surface area contributed by atoms with Gasteiger partial charge in [-0.05, 0) is 53.2 Å². The van der Waals surface area contributed by atoms with Gasteiger partial charge < -0.3 is 5.11 Å². The van der Waals surface area contributed by atoms with Crippen molar-refractivity contribution in [2.45, 2.75) is 96.3 Å². The van der Waals surface area contributed by atoms with E-state index in [0.717, 1.165) is 25.7 Å². The number of rotatable bonds is 6. The van der Waals surface area contributed by atoms with E-state index in [2.05, 4.69) is 59.7 Å². The van der Waals surface area contributed by atoms with Crippen molar-refractivity contribution in [3.05, 3.63) is 34.9 Å². The molecule has 0 bridgehead atoms. The molecule has 130 valence electrons. The van der Waals surface area contributed by atoms with Crippen LogP contribution in [0.15, 0.2) is 18.2 Å². The molecule has 1 nitrogen and oxygen atoms in total. The Morgan fingerprint density at radius 2 is 1.43 bits per heavy atom. The van der Waals surface area contributed by atoms with E-state index in [-0.39, 0.29) is 22.9 Å². The van der Waals surface area contributed by atoms with Crippen LogP contribution < -0.4 is 0 Å². The van der Waals surface area contributed by atoms with Crippen LogP contribution in [-0.2, 0) is 16.2 Å². The van der Waals surface area contributed by atoms with Crippen LogP contribution in [-0.4, -0.2) is 11.7 Å². The van der Waals surface area contributed by atoms with E-state index in [4.69, 9.17) is 0 Å². The molecule has 0 heterocycles. The van der Waals surface area contributed by atoms with Gasteiger partial charge >= 0.3 is 0 Å². The number of fused-ring (bicyclic) bond motifs is 1. The highest BCUT2D eigenvalue weighted by molar-refractivity contribution is 5.45. The maximum atomic E-state index is 10.2. The van der Waals surface area contributed by atoms with E-state index in [1.165, 1.54) is 29.5 Å². The van der Waals surface area contributed by atoms with E-state index < -0.39 is 0 Å². The van der Waals surface area contributed by atoms with Crippen molar-refractivity contribution >= 4 is 0 Å². The first-order valence-electron chi connectivity index (χ1n) is 9.49. The third kappa shape index (κ3) is 3.36. The molecule has 1 aliphatic carbocycles. The fraction of sp³-hybridized carbons (Fsp3) is 0.727. The van der Waals surface area contributed by atoms with Gasteiger partial charge in [0.25, 0.3) is 0 Å². The first-order chi connectivity index (χ1) is 10.7. The number of hydrogen-bond donors (Lipinski definition) is 1. The number of benzene rings is 1. The van der Waals surface area contributed by atoms with Crippen molar-refractivity contribution in [2.24, 2.45) is 0 Å². The molecule has 0 spiro atoms. The predicted octanol–water partition coefficient (Wildman–Crippen LogP) is 5.87. The second-order valence-electron chi connectivity index (χ2n) is 8.97. The van der Waals surface area contributed by atoms with Gasteiger partial charge in [-0.2, -0.15) is 0 Å². The molecule has 0 atom stereocenters. The fourth-order valence-electron chi connectivity index (χ4n) is 4.54. The Kier molecular flexibility index (Phi) is 5.31. The van der Waals surface area contributed by atoms with E-state index in [1.807, 2.05) is 0 Å². The number of aliphatic hydroxyl groups is 1. The Morgan fingerprint density at radius 3 is 1.91 bits per heavy atom. The van der Waals surface area contributed by atoms with Crippen LogP contribution in [0.3, 0.4) is 0 Å². The first-order valence-corrected chi connectivity index (χ1v) is 9.49. The van der Waals surface area contributed by atoms with Crippen LogP contribution in [0, 0.1) is 0 Å². The van der Waals surface area contributed by atoms with Gasteiger partial charge in [0.05, 0.1) is 6.61 Å². The van der Waals surface area contributed by atoms with Gasteiger partial charge in [0.1, 0.15) is 0 Å². The second kappa shape index (κ2) is 6.59. The summed E-state index contributed by atoms with van der Waals surface area (Å²) in [5.74, 6) is 0. The van der Waals surface area contributed by atoms with Gasteiger partial charge in [0.15, 0.2) is 0 Å². The van der Waals surface area contributed by atoms with Crippen molar-refractivity contribution in [1.82, 2.24) is 0 Å². The molecule has 0 saturated heterocycles. The molecule has 0 radical (unpaired) electrons. The Balaban J connectivity index is 2.58. The first kappa shape index (κ1) is 18.5. The summed E-state index contributed by atoms with van der Waals surface area (Å²) in [6, 6.07) is 7.11. The summed E-state index contributed by atoms with van der Waals surface area (Å²) < 4.78 is 0. The van der Waals surface area contributed by atoms with Crippen LogP contribution in [0.4, 0.5) is 0 Å². The minimum atomic E-state index is -0.0593. The molecular formula is C22H36O. The summed E-state index contributed by atoms with van der Waals surface area (Å²) >= 11 is 0. The van der Waals surface area contributed by atoms with Gasteiger partial charge in [0, 0.05) is 5.41 Å². The molecule has 0 aliphatic heterocycles. The largest absolute Gasteiger partial charge is 0.395 e. The maximum Gasteiger partial charge on any atom is 0.0527 e. The molecule has 0 amide bonds. The molecule has 1 aromatic rings. The van der Waals surface area contributed by atoms with Crippen LogP contribution >= 0.6 is 0 Å². The Bertz CT molecular complexity index is 533. The molecule has 2 rings (SSSR count). The van der Waals surface area contributed by atoms with E-state index in [1.54, 1.807) is 0 Å². The normalized spacial score (nSPS) is 19.4. The lowest BCUT2D eigenvalue weighted by atomic mass is 9.61. The topological polar surface area (TPSA) is 20.2 Å². The minimum absolute atomic E-state index is 0.0593. The third-order valence-electron chi connectivity index (χ3n) is 6.22. The zero-order valence-electron chi connectivity index (χ0n) is 16.1. The van der Waals surface area contributed by atoms with Gasteiger partial charge in [-0.3, -0.25) is 0 Å². The molecule has 0 fully saturated rings. The van der Waals surface area contributed by atoms with Crippen molar-refractivity contribution in [2.75, 3.05) is 6.61 Å². The molecule has 23 heavy (non-hydrogen) atoms. The quantitative estimate of drug-likeness (QED) is 0.696. The highest BCUT2D eigenvalue weighted by Crippen LogP contribution is 2.47. The van der Waals surface area contributed by atoms with Gasteiger partial charge in [-0.15, -0.1) is 0 Å². The van der Waals surface area contributed by atoms with Crippen LogP contribution in [0.2, 0.25) is 0 Å². The van der Waals surface area contributed by atoms with Crippen molar-refractivity contribution in [1.29, 1.82) is 0 Å². The molecule has 1 aliphatic rings. The van der Waals surface area contributed by atoms with Crippen molar-refractivity contribution in [3.63, 3.8) is 0 Å². The summed E-state index contributed by atoms with van der Waals surface area (Å²) in [4.78, 5) is 0. The molecule has 1 aromatic carbocycles. The molecule has 0 saturated carbocycles. The molecule has 1 N–H and O–H groups in total. The molecular weight excluding hydrogens is 280 g/mol. The minimum Gasteiger partial charge on any atom is -0.395 e. The van der Waals surface area contributed by atoms with Crippen molar-refractivity contribution < 1.29 is 5.11 Å². The van der Waals surface area contributed by atoms with Gasteiger partial charge in [0.2, 0.25) is 0 Å². The van der Waals surface area contributed by atoms with Gasteiger partial charge in [-0.1, -0.05) is 72.6 Å². The summed E-state index contributed by atoms with van der Waals surface area (Å²) in [7, 11) is 0. The van der Waals surface area contributed by atoms with Crippen LogP contribution in [0.1, 0.15) is 96.8 Å². The predicted molar refractivity (Wildman–Crippen MR) is 100 cm³/mol. The summed E-state index contributed by atoms with van der Waals surface area (Å²) in [5, 5.41) is 10.2. The summed E-state index contributed by atoms with van der Waals surface area (Å²) in [6.45, 7) is 14.2. The lowest BCUT2D eigenvalue weighted by molar-refractivity contribution is 0.171. The lowest BCUT2D eigenvalue weighted by Crippen LogP contribution is -2.36. The highest BCUT2D eigenvalue weighted by Gasteiger charge is 2.39. The third-order valence-corrected chi connectivity index (χ3v) is 6.22. The smallest absolute Gasteiger partial charge is 0.0527 e. The monoisotopic (exact) mass is 316 g/mol. The van der Waals surface area contributed by atoms with E-state index in [0.29, 0.717) is 0 Å². The zero-order chi connectivity index (χ0) is 17.3. The zero-order valence-corrected chi connectivity index (χ0v) is 16.1. The summed E-state index contributed by atoms with van der Waals surface area (Å²) in [6.07, 6.45) is 6.87. The molecule has 1 heteroatoms. The van der Waals surface area contributed by atoms with Crippen LogP contribution in [0.5, 0.6) is 0 Å². The highest BCUT2D eigenvalue weighted by atomic mass is 16.3. The summed E-state index contributed by atoms with van der Waals surface area (Å²) in [5.41, 5.74) is 4.82. The van der Waals surface area contributed by atoms with E-state index in [9.17, 15) is 5.11 Å². The van der Waals surface area contributed by atoms with E-state index >= 15 is 0 Å². The SMILES string of the molecule is CCCC(CO)(CCC)c1ccc2c(c1)C(C)(C)CCC2(C)C. The fourth-order valence-corrected chi connectivity index (χ4v) is 4.54. The maximum absolute atomic E-state index is 10.2. The molecule has 0 unspecified atom stereocenters. The number of hydrogen-bond acceptors (Lipinski definition) is 1. The average molecular weight is 317 g/mol. The lowest BCUT2D eigenvalue weighted by Gasteiger charge is -2.43. The van der Waals surface area contributed by atoms with Crippen LogP contribution in [0.25, 0.3) is 0 Å². The Morgan fingerprint density at radius 1 is 0.913 bits per heavy atom.